The molecule has 4 rings (SSSR count). The Morgan fingerprint density at radius 2 is 1.92 bits per heavy atom. The summed E-state index contributed by atoms with van der Waals surface area (Å²) in [6.07, 6.45) is 4.28. The highest BCUT2D eigenvalue weighted by atomic mass is 35.5. The summed E-state index contributed by atoms with van der Waals surface area (Å²) < 4.78 is 11.6. The topological polar surface area (TPSA) is 127 Å². The van der Waals surface area contributed by atoms with Gasteiger partial charge in [0, 0.05) is 30.3 Å². The van der Waals surface area contributed by atoms with Gasteiger partial charge in [-0.3, -0.25) is 14.6 Å². The van der Waals surface area contributed by atoms with E-state index in [1.165, 1.54) is 13.3 Å². The standard InChI is InChI=1S/C27H25ClN6O4/c1-3-26(36)34-23-13-20-22(14-25(23)37-11-10-29-17(2)35)31-16-32-27(20)33-18-7-8-24(21(28)12-18)38-15-19-6-4-5-9-30-19/h3-9,12-14,16H,1,10-11,15H2,2H3,(H,29,35)(H,34,36)(H,31,32,33). The number of carbonyl (C=O) groups is 2. The smallest absolute Gasteiger partial charge is 0.247 e. The van der Waals surface area contributed by atoms with E-state index < -0.39 is 5.91 Å². The Morgan fingerprint density at radius 1 is 1.05 bits per heavy atom. The van der Waals surface area contributed by atoms with Crippen molar-refractivity contribution in [2.24, 2.45) is 0 Å². The van der Waals surface area contributed by atoms with Crippen LogP contribution in [0.5, 0.6) is 11.5 Å². The van der Waals surface area contributed by atoms with Crippen LogP contribution >= 0.6 is 11.6 Å². The summed E-state index contributed by atoms with van der Waals surface area (Å²) in [4.78, 5) is 36.1. The summed E-state index contributed by atoms with van der Waals surface area (Å²) in [5, 5.41) is 9.69. The minimum atomic E-state index is -0.407. The number of nitrogens with zero attached hydrogens (tertiary/aromatic N) is 3. The molecule has 0 aliphatic carbocycles. The molecule has 2 aromatic carbocycles. The van der Waals surface area contributed by atoms with Crippen molar-refractivity contribution in [2.45, 2.75) is 13.5 Å². The van der Waals surface area contributed by atoms with Crippen molar-refractivity contribution in [1.29, 1.82) is 0 Å². The van der Waals surface area contributed by atoms with Crippen LogP contribution in [0.3, 0.4) is 0 Å². The van der Waals surface area contributed by atoms with Crippen molar-refractivity contribution < 1.29 is 19.1 Å². The molecule has 2 amide bonds. The number of rotatable bonds is 11. The summed E-state index contributed by atoms with van der Waals surface area (Å²) in [5.74, 6) is 0.831. The van der Waals surface area contributed by atoms with Crippen molar-refractivity contribution in [2.75, 3.05) is 23.8 Å². The van der Waals surface area contributed by atoms with Crippen LogP contribution in [0.15, 0.2) is 73.7 Å². The van der Waals surface area contributed by atoms with Crippen LogP contribution in [0.2, 0.25) is 5.02 Å². The van der Waals surface area contributed by atoms with E-state index in [4.69, 9.17) is 21.1 Å². The molecule has 0 aliphatic rings. The van der Waals surface area contributed by atoms with Gasteiger partial charge in [0.05, 0.1) is 28.5 Å². The average molecular weight is 533 g/mol. The van der Waals surface area contributed by atoms with Gasteiger partial charge in [-0.05, 0) is 42.5 Å². The van der Waals surface area contributed by atoms with Gasteiger partial charge in [0.2, 0.25) is 11.8 Å². The summed E-state index contributed by atoms with van der Waals surface area (Å²) >= 11 is 6.46. The Hall–Kier alpha value is -4.70. The molecule has 2 aromatic heterocycles. The number of hydrogen-bond acceptors (Lipinski definition) is 8. The molecule has 0 radical (unpaired) electrons. The van der Waals surface area contributed by atoms with E-state index in [1.54, 1.807) is 30.5 Å². The van der Waals surface area contributed by atoms with Gasteiger partial charge >= 0.3 is 0 Å². The Kier molecular flexibility index (Phi) is 8.68. The van der Waals surface area contributed by atoms with Crippen LogP contribution in [-0.4, -0.2) is 39.9 Å². The molecular weight excluding hydrogens is 508 g/mol. The van der Waals surface area contributed by atoms with Crippen LogP contribution in [0.1, 0.15) is 12.6 Å². The third kappa shape index (κ3) is 6.95. The van der Waals surface area contributed by atoms with Crippen molar-refractivity contribution in [3.63, 3.8) is 0 Å². The molecule has 4 aromatic rings. The average Bonchev–Trinajstić information content (AvgIpc) is 2.91. The molecule has 11 heteroatoms. The zero-order valence-electron chi connectivity index (χ0n) is 20.5. The molecule has 38 heavy (non-hydrogen) atoms. The van der Waals surface area contributed by atoms with Crippen LogP contribution in [-0.2, 0) is 16.2 Å². The maximum atomic E-state index is 12.1. The highest BCUT2D eigenvalue weighted by Crippen LogP contribution is 2.35. The summed E-state index contributed by atoms with van der Waals surface area (Å²) in [6.45, 7) is 5.72. The van der Waals surface area contributed by atoms with Gasteiger partial charge in [0.15, 0.2) is 0 Å². The van der Waals surface area contributed by atoms with Gasteiger partial charge in [-0.25, -0.2) is 9.97 Å². The molecule has 3 N–H and O–H groups in total. The predicted octanol–water partition coefficient (Wildman–Crippen LogP) is 4.64. The second-order valence-electron chi connectivity index (χ2n) is 7.99. The van der Waals surface area contributed by atoms with Crippen molar-refractivity contribution >= 4 is 51.5 Å². The molecule has 0 atom stereocenters. The first-order valence-electron chi connectivity index (χ1n) is 11.6. The number of amides is 2. The number of fused-ring (bicyclic) bond motifs is 1. The fraction of sp³-hybridized carbons (Fsp3) is 0.148. The molecule has 0 spiro atoms. The third-order valence-electron chi connectivity index (χ3n) is 5.21. The van der Waals surface area contributed by atoms with Gasteiger partial charge in [-0.1, -0.05) is 24.2 Å². The first-order valence-corrected chi connectivity index (χ1v) is 12.0. The van der Waals surface area contributed by atoms with Crippen LogP contribution in [0.25, 0.3) is 10.9 Å². The molecule has 0 saturated heterocycles. The first-order chi connectivity index (χ1) is 18.4. The van der Waals surface area contributed by atoms with E-state index in [1.807, 2.05) is 24.3 Å². The predicted molar refractivity (Wildman–Crippen MR) is 146 cm³/mol. The number of hydrogen-bond donors (Lipinski definition) is 3. The van der Waals surface area contributed by atoms with E-state index in [0.29, 0.717) is 51.2 Å². The van der Waals surface area contributed by atoms with Crippen molar-refractivity contribution in [1.82, 2.24) is 20.3 Å². The Labute approximate surface area is 224 Å². The van der Waals surface area contributed by atoms with E-state index in [9.17, 15) is 9.59 Å². The Bertz CT molecular complexity index is 1470. The second-order valence-corrected chi connectivity index (χ2v) is 8.40. The van der Waals surface area contributed by atoms with Crippen LogP contribution in [0, 0.1) is 0 Å². The van der Waals surface area contributed by atoms with Crippen molar-refractivity contribution in [3.05, 3.63) is 84.4 Å². The highest BCUT2D eigenvalue weighted by molar-refractivity contribution is 6.32. The minimum Gasteiger partial charge on any atom is -0.489 e. The molecule has 0 saturated carbocycles. The normalized spacial score (nSPS) is 10.5. The highest BCUT2D eigenvalue weighted by Gasteiger charge is 2.14. The molecule has 0 fully saturated rings. The number of pyridine rings is 1. The summed E-state index contributed by atoms with van der Waals surface area (Å²) in [6, 6.07) is 14.3. The molecule has 0 aliphatic heterocycles. The molecule has 2 heterocycles. The third-order valence-corrected chi connectivity index (χ3v) is 5.51. The van der Waals surface area contributed by atoms with Crippen LogP contribution in [0.4, 0.5) is 17.2 Å². The number of carbonyl (C=O) groups excluding carboxylic acids is 2. The van der Waals surface area contributed by atoms with Crippen molar-refractivity contribution in [3.8, 4) is 11.5 Å². The van der Waals surface area contributed by atoms with Gasteiger partial charge < -0.3 is 25.4 Å². The second kappa shape index (κ2) is 12.5. The molecule has 0 bridgehead atoms. The number of ether oxygens (including phenoxy) is 2. The lowest BCUT2D eigenvalue weighted by atomic mass is 10.1. The number of nitrogens with one attached hydrogen (secondary N) is 3. The largest absolute Gasteiger partial charge is 0.489 e. The summed E-state index contributed by atoms with van der Waals surface area (Å²) in [5.41, 5.74) is 2.44. The van der Waals surface area contributed by atoms with E-state index >= 15 is 0 Å². The maximum Gasteiger partial charge on any atom is 0.247 e. The zero-order chi connectivity index (χ0) is 26.9. The van der Waals surface area contributed by atoms with Gasteiger partial charge in [0.25, 0.3) is 0 Å². The lowest BCUT2D eigenvalue weighted by Gasteiger charge is -2.15. The maximum absolute atomic E-state index is 12.1. The number of anilines is 3. The lowest BCUT2D eigenvalue weighted by Crippen LogP contribution is -2.25. The van der Waals surface area contributed by atoms with Gasteiger partial charge in [-0.2, -0.15) is 0 Å². The molecule has 10 nitrogen and oxygen atoms in total. The Morgan fingerprint density at radius 3 is 2.66 bits per heavy atom. The van der Waals surface area contributed by atoms with Gasteiger partial charge in [0.1, 0.15) is 36.9 Å². The number of benzene rings is 2. The monoisotopic (exact) mass is 532 g/mol. The fourth-order valence-corrected chi connectivity index (χ4v) is 3.68. The van der Waals surface area contributed by atoms with E-state index in [-0.39, 0.29) is 19.1 Å². The first kappa shape index (κ1) is 26.4. The summed E-state index contributed by atoms with van der Waals surface area (Å²) in [7, 11) is 0. The Balaban J connectivity index is 1.56. The van der Waals surface area contributed by atoms with E-state index in [0.717, 1.165) is 11.8 Å². The van der Waals surface area contributed by atoms with E-state index in [2.05, 4.69) is 37.5 Å². The molecule has 0 unspecified atom stereocenters. The SMILES string of the molecule is C=CC(=O)Nc1cc2c(Nc3ccc(OCc4ccccn4)c(Cl)c3)ncnc2cc1OCCNC(C)=O. The number of halogens is 1. The van der Waals surface area contributed by atoms with Gasteiger partial charge in [-0.15, -0.1) is 0 Å². The lowest BCUT2D eigenvalue weighted by molar-refractivity contribution is -0.119. The quantitative estimate of drug-likeness (QED) is 0.188. The van der Waals surface area contributed by atoms with Crippen LogP contribution < -0.4 is 25.4 Å². The fourth-order valence-electron chi connectivity index (χ4n) is 3.44. The molecular formula is C27H25ClN6O4. The zero-order valence-corrected chi connectivity index (χ0v) is 21.3. The molecule has 194 valence electrons. The minimum absolute atomic E-state index is 0.163. The number of aromatic nitrogens is 3.